The van der Waals surface area contributed by atoms with Gasteiger partial charge < -0.3 is 14.4 Å². The highest BCUT2D eigenvalue weighted by atomic mass is 19.1. The minimum Gasteiger partial charge on any atom is -0.493 e. The fourth-order valence-electron chi connectivity index (χ4n) is 5.12. The zero-order valence-electron chi connectivity index (χ0n) is 18.3. The van der Waals surface area contributed by atoms with Gasteiger partial charge >= 0.3 is 0 Å². The molecular weight excluding hydrogens is 411 g/mol. The van der Waals surface area contributed by atoms with Gasteiger partial charge in [0.15, 0.2) is 23.6 Å². The summed E-state index contributed by atoms with van der Waals surface area (Å²) in [4.78, 5) is 17.6. The van der Waals surface area contributed by atoms with Gasteiger partial charge in [0.25, 0.3) is 0 Å². The maximum atomic E-state index is 13.5. The molecule has 168 valence electrons. The minimum atomic E-state index is -0.380. The average molecular weight is 439 g/mol. The Bertz CT molecular complexity index is 1040. The third-order valence-corrected chi connectivity index (χ3v) is 6.68. The molecule has 7 nitrogen and oxygen atoms in total. The van der Waals surface area contributed by atoms with Crippen molar-refractivity contribution in [3.63, 3.8) is 0 Å². The lowest BCUT2D eigenvalue weighted by molar-refractivity contribution is -0.156. The molecule has 3 atom stereocenters. The van der Waals surface area contributed by atoms with E-state index in [4.69, 9.17) is 9.47 Å². The van der Waals surface area contributed by atoms with Crippen LogP contribution in [0.2, 0.25) is 0 Å². The molecule has 5 rings (SSSR count). The predicted octanol–water partition coefficient (Wildman–Crippen LogP) is 3.29. The Balaban J connectivity index is 1.50. The van der Waals surface area contributed by atoms with Crippen LogP contribution in [0, 0.1) is 11.7 Å². The predicted molar refractivity (Wildman–Crippen MR) is 118 cm³/mol. The second-order valence-corrected chi connectivity index (χ2v) is 8.47. The summed E-state index contributed by atoms with van der Waals surface area (Å²) < 4.78 is 24.3. The van der Waals surface area contributed by atoms with Crippen molar-refractivity contribution in [1.82, 2.24) is 15.2 Å². The molecule has 1 saturated heterocycles. The largest absolute Gasteiger partial charge is 0.493 e. The smallest absolute Gasteiger partial charge is 0.231 e. The lowest BCUT2D eigenvalue weighted by atomic mass is 9.80. The summed E-state index contributed by atoms with van der Waals surface area (Å²) in [7, 11) is 3.22. The second kappa shape index (κ2) is 8.33. The number of rotatable bonds is 5. The molecule has 2 heterocycles. The van der Waals surface area contributed by atoms with Crippen molar-refractivity contribution in [1.29, 1.82) is 0 Å². The number of nitrogens with one attached hydrogen (secondary N) is 1. The summed E-state index contributed by atoms with van der Waals surface area (Å²) in [6.45, 7) is 0.394. The van der Waals surface area contributed by atoms with E-state index in [1.54, 1.807) is 26.4 Å². The van der Waals surface area contributed by atoms with E-state index in [1.807, 2.05) is 23.1 Å². The third-order valence-electron chi connectivity index (χ3n) is 6.68. The first-order valence-corrected chi connectivity index (χ1v) is 11.0. The Morgan fingerprint density at radius 3 is 2.56 bits per heavy atom. The van der Waals surface area contributed by atoms with Gasteiger partial charge in [0.05, 0.1) is 20.1 Å². The van der Waals surface area contributed by atoms with Crippen LogP contribution in [0.3, 0.4) is 0 Å². The number of hydrazone groups is 1. The molecule has 32 heavy (non-hydrogen) atoms. The van der Waals surface area contributed by atoms with Crippen LogP contribution in [-0.4, -0.2) is 48.1 Å². The Kier molecular flexibility index (Phi) is 5.36. The molecule has 2 aromatic carbocycles. The molecule has 2 aliphatic heterocycles. The van der Waals surface area contributed by atoms with Crippen LogP contribution < -0.4 is 14.9 Å². The monoisotopic (exact) mass is 438 g/mol. The van der Waals surface area contributed by atoms with Gasteiger partial charge in [-0.05, 0) is 48.7 Å². The number of amidine groups is 1. The fourth-order valence-corrected chi connectivity index (χ4v) is 5.12. The maximum absolute atomic E-state index is 13.5. The molecule has 3 aliphatic rings. The Hall–Kier alpha value is -3.29. The molecule has 2 fully saturated rings. The molecule has 8 heteroatoms. The zero-order chi connectivity index (χ0) is 22.2. The van der Waals surface area contributed by atoms with Crippen LogP contribution in [0.25, 0.3) is 0 Å². The van der Waals surface area contributed by atoms with Crippen molar-refractivity contribution in [2.75, 3.05) is 14.2 Å². The van der Waals surface area contributed by atoms with E-state index in [9.17, 15) is 9.18 Å². The Morgan fingerprint density at radius 1 is 1.06 bits per heavy atom. The highest BCUT2D eigenvalue weighted by molar-refractivity contribution is 6.01. The number of methoxy groups -OCH3 is 2. The standard InChI is InChI=1S/C24H27FN4O3/c1-31-20-12-9-16(13-21(20)32-2)22-26-27-24-28(14-15-7-10-17(25)11-8-15)23(30)18-5-3-4-6-19(18)29(22)24/h7-13,18-19,24,27H,3-6,14H2,1-2H3. The topological polar surface area (TPSA) is 66.4 Å². The van der Waals surface area contributed by atoms with Crippen molar-refractivity contribution in [2.45, 2.75) is 44.6 Å². The molecule has 1 amide bonds. The fraction of sp³-hybridized carbons (Fsp3) is 0.417. The summed E-state index contributed by atoms with van der Waals surface area (Å²) in [5, 5.41) is 4.66. The lowest BCUT2D eigenvalue weighted by Gasteiger charge is -2.50. The number of fused-ring (bicyclic) bond motifs is 3. The highest BCUT2D eigenvalue weighted by Crippen LogP contribution is 2.39. The van der Waals surface area contributed by atoms with Crippen LogP contribution in [0.5, 0.6) is 11.5 Å². The minimum absolute atomic E-state index is 0.0781. The summed E-state index contributed by atoms with van der Waals surface area (Å²) in [6.07, 6.45) is 3.58. The van der Waals surface area contributed by atoms with Crippen LogP contribution in [0.4, 0.5) is 4.39 Å². The molecule has 0 bridgehead atoms. The number of benzene rings is 2. The van der Waals surface area contributed by atoms with Crippen molar-refractivity contribution in [3.8, 4) is 11.5 Å². The van der Waals surface area contributed by atoms with E-state index in [0.29, 0.717) is 18.0 Å². The Morgan fingerprint density at radius 2 is 1.81 bits per heavy atom. The van der Waals surface area contributed by atoms with E-state index < -0.39 is 0 Å². The molecular formula is C24H27FN4O3. The van der Waals surface area contributed by atoms with Gasteiger partial charge in [0.1, 0.15) is 5.82 Å². The first-order valence-electron chi connectivity index (χ1n) is 11.0. The van der Waals surface area contributed by atoms with Gasteiger partial charge in [-0.25, -0.2) is 4.39 Å². The number of hydrogen-bond donors (Lipinski definition) is 1. The molecule has 3 unspecified atom stereocenters. The van der Waals surface area contributed by atoms with Crippen LogP contribution in [0.15, 0.2) is 47.6 Å². The van der Waals surface area contributed by atoms with E-state index in [-0.39, 0.29) is 30.0 Å². The normalized spacial score (nSPS) is 24.4. The Labute approximate surface area is 186 Å². The van der Waals surface area contributed by atoms with Crippen LogP contribution >= 0.6 is 0 Å². The summed E-state index contributed by atoms with van der Waals surface area (Å²) in [5.41, 5.74) is 4.98. The van der Waals surface area contributed by atoms with Gasteiger partial charge in [0.2, 0.25) is 5.91 Å². The van der Waals surface area contributed by atoms with E-state index in [1.165, 1.54) is 12.1 Å². The first-order chi connectivity index (χ1) is 15.6. The second-order valence-electron chi connectivity index (χ2n) is 8.47. The van der Waals surface area contributed by atoms with Gasteiger partial charge in [-0.3, -0.25) is 15.1 Å². The van der Waals surface area contributed by atoms with Crippen molar-refractivity contribution in [3.05, 3.63) is 59.4 Å². The van der Waals surface area contributed by atoms with Gasteiger partial charge in [-0.15, -0.1) is 0 Å². The summed E-state index contributed by atoms with van der Waals surface area (Å²) in [6, 6.07) is 12.1. The maximum Gasteiger partial charge on any atom is 0.231 e. The lowest BCUT2D eigenvalue weighted by Crippen LogP contribution is -2.67. The third kappa shape index (κ3) is 3.43. The summed E-state index contributed by atoms with van der Waals surface area (Å²) in [5.74, 6) is 1.85. The number of amides is 1. The zero-order valence-corrected chi connectivity index (χ0v) is 18.3. The van der Waals surface area contributed by atoms with Gasteiger partial charge in [0, 0.05) is 18.2 Å². The summed E-state index contributed by atoms with van der Waals surface area (Å²) >= 11 is 0. The molecule has 1 aliphatic carbocycles. The van der Waals surface area contributed by atoms with Gasteiger partial charge in [-0.1, -0.05) is 25.0 Å². The van der Waals surface area contributed by atoms with Crippen molar-refractivity contribution >= 4 is 11.7 Å². The molecule has 1 saturated carbocycles. The number of ether oxygens (including phenoxy) is 2. The van der Waals surface area contributed by atoms with Crippen molar-refractivity contribution in [2.24, 2.45) is 11.0 Å². The van der Waals surface area contributed by atoms with Crippen LogP contribution in [-0.2, 0) is 11.3 Å². The van der Waals surface area contributed by atoms with Crippen molar-refractivity contribution < 1.29 is 18.7 Å². The first kappa shape index (κ1) is 20.6. The number of carbonyl (C=O) groups is 1. The SMILES string of the molecule is COc1ccc(C2=NNC3N(Cc4ccc(F)cc4)C(=O)C4CCCCC4N23)cc1OC. The van der Waals surface area contributed by atoms with E-state index in [2.05, 4.69) is 15.4 Å². The number of halogens is 1. The molecule has 0 spiro atoms. The average Bonchev–Trinajstić information content (AvgIpc) is 3.27. The molecule has 1 N–H and O–H groups in total. The molecule has 2 aromatic rings. The van der Waals surface area contributed by atoms with Gasteiger partial charge in [-0.2, -0.15) is 5.10 Å². The van der Waals surface area contributed by atoms with Crippen LogP contribution in [0.1, 0.15) is 36.8 Å². The van der Waals surface area contributed by atoms with E-state index in [0.717, 1.165) is 42.6 Å². The number of carbonyl (C=O) groups excluding carboxylic acids is 1. The quantitative estimate of drug-likeness (QED) is 0.776. The molecule has 0 radical (unpaired) electrons. The number of hydrogen-bond acceptors (Lipinski definition) is 6. The van der Waals surface area contributed by atoms with E-state index >= 15 is 0 Å². The number of nitrogens with zero attached hydrogens (tertiary/aromatic N) is 3. The highest BCUT2D eigenvalue weighted by Gasteiger charge is 2.51. The molecule has 0 aromatic heterocycles.